The summed E-state index contributed by atoms with van der Waals surface area (Å²) in [6.07, 6.45) is 8.03. The van der Waals surface area contributed by atoms with Crippen LogP contribution >= 0.6 is 0 Å². The monoisotopic (exact) mass is 178 g/mol. The highest BCUT2D eigenvalue weighted by molar-refractivity contribution is 4.99. The fraction of sp³-hybridized carbons (Fsp3) is 0.818. The lowest BCUT2D eigenvalue weighted by molar-refractivity contribution is 0.269. The van der Waals surface area contributed by atoms with E-state index < -0.39 is 0 Å². The number of hydrogen-bond acceptors (Lipinski definition) is 2. The zero-order chi connectivity index (χ0) is 9.31. The molecule has 0 N–H and O–H groups in total. The lowest BCUT2D eigenvalue weighted by atomic mass is 9.86. The van der Waals surface area contributed by atoms with Crippen molar-refractivity contribution in [3.63, 3.8) is 0 Å². The van der Waals surface area contributed by atoms with Gasteiger partial charge in [-0.15, -0.1) is 6.42 Å². The van der Waals surface area contributed by atoms with E-state index in [0.717, 1.165) is 6.54 Å². The Kier molecular flexibility index (Phi) is 2.31. The van der Waals surface area contributed by atoms with Crippen LogP contribution in [0.25, 0.3) is 0 Å². The average Bonchev–Trinajstić information content (AvgIpc) is 2.62. The van der Waals surface area contributed by atoms with E-state index in [-0.39, 0.29) is 0 Å². The third-order valence-electron chi connectivity index (χ3n) is 3.46. The zero-order valence-corrected chi connectivity index (χ0v) is 8.42. The number of likely N-dealkylation sites (tertiary alicyclic amines) is 2. The van der Waals surface area contributed by atoms with E-state index in [9.17, 15) is 0 Å². The van der Waals surface area contributed by atoms with E-state index in [1.807, 2.05) is 0 Å². The Morgan fingerprint density at radius 1 is 1.31 bits per heavy atom. The van der Waals surface area contributed by atoms with Crippen molar-refractivity contribution in [3.05, 3.63) is 0 Å². The minimum atomic E-state index is 0.589. The first-order valence-electron chi connectivity index (χ1n) is 5.08. The Balaban J connectivity index is 1.94. The van der Waals surface area contributed by atoms with Crippen molar-refractivity contribution in [3.8, 4) is 12.3 Å². The summed E-state index contributed by atoms with van der Waals surface area (Å²) in [7, 11) is 2.22. The Hall–Kier alpha value is -0.520. The first-order valence-corrected chi connectivity index (χ1v) is 5.08. The summed E-state index contributed by atoms with van der Waals surface area (Å²) in [5.74, 6) is 2.74. The lowest BCUT2D eigenvalue weighted by Gasteiger charge is -2.22. The molecule has 2 rings (SSSR count). The molecule has 2 saturated heterocycles. The van der Waals surface area contributed by atoms with Crippen LogP contribution in [0.5, 0.6) is 0 Å². The summed E-state index contributed by atoms with van der Waals surface area (Å²) < 4.78 is 0. The summed E-state index contributed by atoms with van der Waals surface area (Å²) in [5.41, 5.74) is 0.589. The maximum absolute atomic E-state index is 5.32. The highest BCUT2D eigenvalue weighted by Crippen LogP contribution is 2.38. The van der Waals surface area contributed by atoms with Crippen molar-refractivity contribution in [1.29, 1.82) is 0 Å². The summed E-state index contributed by atoms with van der Waals surface area (Å²) in [6, 6.07) is 0. The van der Waals surface area contributed by atoms with Crippen molar-refractivity contribution in [2.45, 2.75) is 12.8 Å². The molecule has 1 spiro atoms. The fourth-order valence-electron chi connectivity index (χ4n) is 2.78. The van der Waals surface area contributed by atoms with Crippen molar-refractivity contribution >= 4 is 0 Å². The van der Waals surface area contributed by atoms with E-state index in [4.69, 9.17) is 6.42 Å². The average molecular weight is 178 g/mol. The normalized spacial score (nSPS) is 35.7. The standard InChI is InChI=1S/C11H18N2/c1-3-6-13-8-5-11(10-13)4-7-12(2)9-11/h1H,4-10H2,2H3. The molecule has 0 aromatic carbocycles. The summed E-state index contributed by atoms with van der Waals surface area (Å²) in [6.45, 7) is 5.81. The van der Waals surface area contributed by atoms with Crippen LogP contribution in [-0.2, 0) is 0 Å². The second kappa shape index (κ2) is 3.32. The van der Waals surface area contributed by atoms with Gasteiger partial charge in [0.25, 0.3) is 0 Å². The molecule has 0 aromatic rings. The van der Waals surface area contributed by atoms with Gasteiger partial charge in [0, 0.05) is 13.1 Å². The van der Waals surface area contributed by atoms with Gasteiger partial charge in [-0.1, -0.05) is 5.92 Å². The fourth-order valence-corrected chi connectivity index (χ4v) is 2.78. The Morgan fingerprint density at radius 3 is 2.69 bits per heavy atom. The van der Waals surface area contributed by atoms with Gasteiger partial charge in [-0.2, -0.15) is 0 Å². The molecule has 2 fully saturated rings. The van der Waals surface area contributed by atoms with Crippen LogP contribution < -0.4 is 0 Å². The van der Waals surface area contributed by atoms with E-state index in [1.54, 1.807) is 0 Å². The van der Waals surface area contributed by atoms with Crippen LogP contribution in [0.3, 0.4) is 0 Å². The van der Waals surface area contributed by atoms with Crippen LogP contribution in [0.4, 0.5) is 0 Å². The lowest BCUT2D eigenvalue weighted by Crippen LogP contribution is -2.29. The van der Waals surface area contributed by atoms with Crippen molar-refractivity contribution < 1.29 is 0 Å². The molecule has 0 aromatic heterocycles. The number of terminal acetylenes is 1. The molecule has 0 amide bonds. The molecule has 1 unspecified atom stereocenters. The van der Waals surface area contributed by atoms with Crippen molar-refractivity contribution in [2.24, 2.45) is 5.41 Å². The van der Waals surface area contributed by atoms with E-state index in [1.165, 1.54) is 39.0 Å². The second-order valence-electron chi connectivity index (χ2n) is 4.65. The first-order chi connectivity index (χ1) is 6.24. The largest absolute Gasteiger partial charge is 0.306 e. The third kappa shape index (κ3) is 1.72. The van der Waals surface area contributed by atoms with Gasteiger partial charge in [0.2, 0.25) is 0 Å². The third-order valence-corrected chi connectivity index (χ3v) is 3.46. The maximum Gasteiger partial charge on any atom is 0.0599 e. The second-order valence-corrected chi connectivity index (χ2v) is 4.65. The molecule has 0 aliphatic carbocycles. The van der Waals surface area contributed by atoms with Gasteiger partial charge in [-0.25, -0.2) is 0 Å². The molecule has 2 heteroatoms. The molecule has 0 radical (unpaired) electrons. The van der Waals surface area contributed by atoms with E-state index in [2.05, 4.69) is 22.8 Å². The SMILES string of the molecule is C#CCN1CCC2(CCN(C)C2)C1. The van der Waals surface area contributed by atoms with Gasteiger partial charge in [0.05, 0.1) is 6.54 Å². The molecule has 2 aliphatic rings. The van der Waals surface area contributed by atoms with Gasteiger partial charge >= 0.3 is 0 Å². The highest BCUT2D eigenvalue weighted by atomic mass is 15.2. The summed E-state index contributed by atoms with van der Waals surface area (Å²) in [4.78, 5) is 4.86. The predicted molar refractivity (Wildman–Crippen MR) is 54.4 cm³/mol. The van der Waals surface area contributed by atoms with Crippen LogP contribution in [0.2, 0.25) is 0 Å². The molecule has 1 atom stereocenters. The first kappa shape index (κ1) is 9.05. The molecular formula is C11H18N2. The minimum absolute atomic E-state index is 0.589. The van der Waals surface area contributed by atoms with Crippen LogP contribution in [-0.4, -0.2) is 49.6 Å². The molecule has 2 aliphatic heterocycles. The Bertz CT molecular complexity index is 231. The highest BCUT2D eigenvalue weighted by Gasteiger charge is 2.41. The van der Waals surface area contributed by atoms with Gasteiger partial charge < -0.3 is 4.90 Å². The Labute approximate surface area is 80.9 Å². The molecule has 2 heterocycles. The van der Waals surface area contributed by atoms with Crippen molar-refractivity contribution in [2.75, 3.05) is 39.8 Å². The van der Waals surface area contributed by atoms with Crippen LogP contribution in [0.15, 0.2) is 0 Å². The smallest absolute Gasteiger partial charge is 0.0599 e. The predicted octanol–water partition coefficient (Wildman–Crippen LogP) is 0.647. The minimum Gasteiger partial charge on any atom is -0.306 e. The maximum atomic E-state index is 5.32. The van der Waals surface area contributed by atoms with Gasteiger partial charge in [-0.05, 0) is 38.4 Å². The summed E-state index contributed by atoms with van der Waals surface area (Å²) >= 11 is 0. The Morgan fingerprint density at radius 2 is 2.08 bits per heavy atom. The molecule has 0 bridgehead atoms. The number of hydrogen-bond donors (Lipinski definition) is 0. The zero-order valence-electron chi connectivity index (χ0n) is 8.42. The number of nitrogens with zero attached hydrogens (tertiary/aromatic N) is 2. The topological polar surface area (TPSA) is 6.48 Å². The quantitative estimate of drug-likeness (QED) is 0.544. The molecule has 0 saturated carbocycles. The molecule has 13 heavy (non-hydrogen) atoms. The van der Waals surface area contributed by atoms with E-state index >= 15 is 0 Å². The molecular weight excluding hydrogens is 160 g/mol. The van der Waals surface area contributed by atoms with Gasteiger partial charge in [0.15, 0.2) is 0 Å². The van der Waals surface area contributed by atoms with Crippen LogP contribution in [0, 0.1) is 17.8 Å². The van der Waals surface area contributed by atoms with Crippen molar-refractivity contribution in [1.82, 2.24) is 9.80 Å². The van der Waals surface area contributed by atoms with Crippen LogP contribution in [0.1, 0.15) is 12.8 Å². The van der Waals surface area contributed by atoms with Gasteiger partial charge in [-0.3, -0.25) is 4.90 Å². The molecule has 2 nitrogen and oxygen atoms in total. The van der Waals surface area contributed by atoms with E-state index in [0.29, 0.717) is 5.41 Å². The van der Waals surface area contributed by atoms with Gasteiger partial charge in [0.1, 0.15) is 0 Å². The molecule has 72 valence electrons. The summed E-state index contributed by atoms with van der Waals surface area (Å²) in [5, 5.41) is 0. The number of rotatable bonds is 1.